The molecule has 1 amide bonds. The molecule has 0 aliphatic carbocycles. The zero-order valence-electron chi connectivity index (χ0n) is 11.3. The van der Waals surface area contributed by atoms with Crippen molar-refractivity contribution in [1.82, 2.24) is 0 Å². The van der Waals surface area contributed by atoms with E-state index in [9.17, 15) is 4.79 Å². The zero-order chi connectivity index (χ0) is 15.4. The first-order chi connectivity index (χ1) is 10.0. The summed E-state index contributed by atoms with van der Waals surface area (Å²) < 4.78 is 5.36. The Hall–Kier alpha value is -2.47. The number of hydrogen-bond acceptors (Lipinski definition) is 4. The van der Waals surface area contributed by atoms with Crippen LogP contribution in [0, 0.1) is 0 Å². The highest BCUT2D eigenvalue weighted by atomic mass is 35.5. The number of furan rings is 1. The molecular weight excluding hydrogens is 294 g/mol. The number of carbonyl (C=O) groups excluding carboxylic acids is 1. The fraction of sp³-hybridized carbons (Fsp3) is 0.143. The summed E-state index contributed by atoms with van der Waals surface area (Å²) in [5.41, 5.74) is 6.32. The van der Waals surface area contributed by atoms with Gasteiger partial charge in [-0.05, 0) is 30.3 Å². The molecule has 0 fully saturated rings. The van der Waals surface area contributed by atoms with E-state index in [0.29, 0.717) is 17.7 Å². The average Bonchev–Trinajstić information content (AvgIpc) is 2.97. The van der Waals surface area contributed by atoms with E-state index in [2.05, 4.69) is 10.5 Å². The molecule has 1 aromatic heterocycles. The van der Waals surface area contributed by atoms with E-state index in [1.54, 1.807) is 24.3 Å². The predicted octanol–water partition coefficient (Wildman–Crippen LogP) is 2.84. The van der Waals surface area contributed by atoms with Crippen molar-refractivity contribution in [3.8, 4) is 0 Å². The van der Waals surface area contributed by atoms with Crippen molar-refractivity contribution in [2.45, 2.75) is 13.3 Å². The second-order valence-electron chi connectivity index (χ2n) is 4.25. The third-order valence-electron chi connectivity index (χ3n) is 2.85. The van der Waals surface area contributed by atoms with Crippen molar-refractivity contribution >= 4 is 29.0 Å². The average molecular weight is 308 g/mol. The van der Waals surface area contributed by atoms with E-state index in [1.165, 1.54) is 6.07 Å². The van der Waals surface area contributed by atoms with Crippen LogP contribution in [-0.4, -0.2) is 17.0 Å². The highest BCUT2D eigenvalue weighted by Gasteiger charge is 2.13. The molecule has 110 valence electrons. The van der Waals surface area contributed by atoms with Gasteiger partial charge in [-0.3, -0.25) is 4.79 Å². The summed E-state index contributed by atoms with van der Waals surface area (Å²) in [7, 11) is 0. The first kappa shape index (κ1) is 14.9. The largest absolute Gasteiger partial charge is 0.456 e. The van der Waals surface area contributed by atoms with Gasteiger partial charge >= 0.3 is 0 Å². The third kappa shape index (κ3) is 3.35. The Balaban J connectivity index is 2.18. The number of aryl methyl sites for hydroxylation is 1. The lowest BCUT2D eigenvalue weighted by atomic mass is 10.2. The maximum atomic E-state index is 12.0. The zero-order valence-corrected chi connectivity index (χ0v) is 12.0. The SMILES string of the molecule is CCc1ccc(C(=O)Nc2ccc(/C(N)=N/O)cc2Cl)o1. The summed E-state index contributed by atoms with van der Waals surface area (Å²) in [5.74, 6) is 0.485. The maximum Gasteiger partial charge on any atom is 0.291 e. The summed E-state index contributed by atoms with van der Waals surface area (Å²) in [6, 6.07) is 7.99. The molecule has 0 saturated carbocycles. The van der Waals surface area contributed by atoms with Gasteiger partial charge in [0, 0.05) is 12.0 Å². The molecule has 0 unspecified atom stereocenters. The molecule has 0 spiro atoms. The second kappa shape index (κ2) is 6.32. The van der Waals surface area contributed by atoms with E-state index in [0.717, 1.165) is 5.76 Å². The van der Waals surface area contributed by atoms with Crippen molar-refractivity contribution in [1.29, 1.82) is 0 Å². The molecule has 0 saturated heterocycles. The van der Waals surface area contributed by atoms with Gasteiger partial charge in [-0.25, -0.2) is 0 Å². The molecule has 2 rings (SSSR count). The fourth-order valence-corrected chi connectivity index (χ4v) is 1.94. The molecule has 2 aromatic rings. The topological polar surface area (TPSA) is 101 Å². The van der Waals surface area contributed by atoms with Gasteiger partial charge in [-0.1, -0.05) is 23.7 Å². The molecule has 0 aliphatic rings. The number of nitrogens with zero attached hydrogens (tertiary/aromatic N) is 1. The van der Waals surface area contributed by atoms with Gasteiger partial charge in [0.1, 0.15) is 5.76 Å². The van der Waals surface area contributed by atoms with Crippen LogP contribution in [0.4, 0.5) is 5.69 Å². The van der Waals surface area contributed by atoms with Crippen molar-refractivity contribution in [2.24, 2.45) is 10.9 Å². The van der Waals surface area contributed by atoms with Gasteiger partial charge in [-0.15, -0.1) is 0 Å². The number of nitrogens with one attached hydrogen (secondary N) is 1. The highest BCUT2D eigenvalue weighted by Crippen LogP contribution is 2.24. The fourth-order valence-electron chi connectivity index (χ4n) is 1.71. The van der Waals surface area contributed by atoms with Crippen LogP contribution >= 0.6 is 11.6 Å². The minimum Gasteiger partial charge on any atom is -0.456 e. The van der Waals surface area contributed by atoms with Crippen LogP contribution in [0.15, 0.2) is 39.9 Å². The highest BCUT2D eigenvalue weighted by molar-refractivity contribution is 6.34. The summed E-state index contributed by atoms with van der Waals surface area (Å²) in [4.78, 5) is 12.0. The van der Waals surface area contributed by atoms with Gasteiger partial charge in [-0.2, -0.15) is 0 Å². The Bertz CT molecular complexity index is 695. The minimum atomic E-state index is -0.395. The smallest absolute Gasteiger partial charge is 0.291 e. The van der Waals surface area contributed by atoms with E-state index >= 15 is 0 Å². The van der Waals surface area contributed by atoms with Crippen LogP contribution < -0.4 is 11.1 Å². The van der Waals surface area contributed by atoms with Crippen molar-refractivity contribution in [3.63, 3.8) is 0 Å². The molecular formula is C14H14ClN3O3. The first-order valence-corrected chi connectivity index (χ1v) is 6.60. The van der Waals surface area contributed by atoms with Gasteiger partial charge in [0.15, 0.2) is 11.6 Å². The van der Waals surface area contributed by atoms with Crippen LogP contribution in [0.2, 0.25) is 5.02 Å². The minimum absolute atomic E-state index is 0.0617. The summed E-state index contributed by atoms with van der Waals surface area (Å²) in [6.45, 7) is 1.93. The lowest BCUT2D eigenvalue weighted by Gasteiger charge is -2.07. The van der Waals surface area contributed by atoms with E-state index in [-0.39, 0.29) is 16.6 Å². The Labute approximate surface area is 126 Å². The second-order valence-corrected chi connectivity index (χ2v) is 4.66. The summed E-state index contributed by atoms with van der Waals surface area (Å²) in [6.07, 6.45) is 0.711. The maximum absolute atomic E-state index is 12.0. The lowest BCUT2D eigenvalue weighted by molar-refractivity contribution is 0.0995. The molecule has 0 bridgehead atoms. The van der Waals surface area contributed by atoms with Gasteiger partial charge < -0.3 is 20.7 Å². The molecule has 4 N–H and O–H groups in total. The first-order valence-electron chi connectivity index (χ1n) is 6.22. The van der Waals surface area contributed by atoms with Crippen LogP contribution in [-0.2, 0) is 6.42 Å². The molecule has 6 nitrogen and oxygen atoms in total. The number of halogens is 1. The van der Waals surface area contributed by atoms with E-state index in [4.69, 9.17) is 27.0 Å². The molecule has 0 radical (unpaired) electrons. The van der Waals surface area contributed by atoms with E-state index in [1.807, 2.05) is 6.92 Å². The van der Waals surface area contributed by atoms with Crippen LogP contribution in [0.5, 0.6) is 0 Å². The Morgan fingerprint density at radius 2 is 2.19 bits per heavy atom. The number of carbonyl (C=O) groups is 1. The van der Waals surface area contributed by atoms with E-state index < -0.39 is 5.91 Å². The number of amidine groups is 1. The monoisotopic (exact) mass is 307 g/mol. The van der Waals surface area contributed by atoms with Gasteiger partial charge in [0.05, 0.1) is 10.7 Å². The molecule has 1 aromatic carbocycles. The number of nitrogens with two attached hydrogens (primary N) is 1. The third-order valence-corrected chi connectivity index (χ3v) is 3.17. The molecule has 0 aliphatic heterocycles. The van der Waals surface area contributed by atoms with Crippen LogP contribution in [0.3, 0.4) is 0 Å². The standard InChI is InChI=1S/C14H14ClN3O3/c1-2-9-4-6-12(21-9)14(19)17-11-5-3-8(7-10(11)15)13(16)18-20/h3-7,20H,2H2,1H3,(H2,16,18)(H,17,19). The van der Waals surface area contributed by atoms with Crippen molar-refractivity contribution in [2.75, 3.05) is 5.32 Å². The van der Waals surface area contributed by atoms with Crippen molar-refractivity contribution < 1.29 is 14.4 Å². The van der Waals surface area contributed by atoms with Crippen LogP contribution in [0.25, 0.3) is 0 Å². The van der Waals surface area contributed by atoms with Crippen molar-refractivity contribution in [3.05, 3.63) is 52.4 Å². The normalized spacial score (nSPS) is 11.4. The summed E-state index contributed by atoms with van der Waals surface area (Å²) in [5, 5.41) is 14.4. The Morgan fingerprint density at radius 1 is 1.43 bits per heavy atom. The quantitative estimate of drug-likeness (QED) is 0.350. The Morgan fingerprint density at radius 3 is 2.76 bits per heavy atom. The van der Waals surface area contributed by atoms with Crippen LogP contribution in [0.1, 0.15) is 28.8 Å². The number of amides is 1. The summed E-state index contributed by atoms with van der Waals surface area (Å²) >= 11 is 6.06. The Kier molecular flexibility index (Phi) is 4.49. The number of anilines is 1. The molecule has 0 atom stereocenters. The molecule has 1 heterocycles. The van der Waals surface area contributed by atoms with Gasteiger partial charge in [0.2, 0.25) is 0 Å². The van der Waals surface area contributed by atoms with Gasteiger partial charge in [0.25, 0.3) is 5.91 Å². The molecule has 21 heavy (non-hydrogen) atoms. The number of hydrogen-bond donors (Lipinski definition) is 3. The predicted molar refractivity (Wildman–Crippen MR) is 80.0 cm³/mol. The lowest BCUT2D eigenvalue weighted by Crippen LogP contribution is -2.14. The number of oxime groups is 1. The number of benzene rings is 1. The molecule has 7 heteroatoms. The number of rotatable bonds is 4.